The Hall–Kier alpha value is -3.60. The van der Waals surface area contributed by atoms with Crippen molar-refractivity contribution >= 4 is 11.9 Å². The van der Waals surface area contributed by atoms with E-state index in [-0.39, 0.29) is 11.9 Å². The molecule has 0 radical (unpaired) electrons. The van der Waals surface area contributed by atoms with Crippen LogP contribution in [-0.4, -0.2) is 25.1 Å². The number of carbonyl (C=O) groups is 2. The maximum atomic E-state index is 12.3. The number of ether oxygens (including phenoxy) is 2. The Morgan fingerprint density at radius 3 is 2.10 bits per heavy atom. The van der Waals surface area contributed by atoms with Crippen LogP contribution in [0.5, 0.6) is 5.75 Å². The van der Waals surface area contributed by atoms with Gasteiger partial charge in [-0.05, 0) is 47.9 Å². The van der Waals surface area contributed by atoms with E-state index in [1.807, 2.05) is 54.6 Å². The number of esters is 1. The van der Waals surface area contributed by atoms with E-state index in [1.165, 1.54) is 7.11 Å². The molecule has 0 spiro atoms. The Kier molecular flexibility index (Phi) is 6.63. The minimum Gasteiger partial charge on any atom is -0.481 e. The highest BCUT2D eigenvalue weighted by atomic mass is 16.5. The molecular weight excluding hydrogens is 366 g/mol. The summed E-state index contributed by atoms with van der Waals surface area (Å²) in [5.74, 6) is 0.0323. The first-order valence-electron chi connectivity index (χ1n) is 9.34. The molecule has 0 saturated carbocycles. The molecule has 0 aliphatic carbocycles. The van der Waals surface area contributed by atoms with Crippen LogP contribution in [0.1, 0.15) is 22.8 Å². The number of hydrogen-bond donors (Lipinski definition) is 1. The second-order valence-electron chi connectivity index (χ2n) is 6.56. The fourth-order valence-corrected chi connectivity index (χ4v) is 2.82. The van der Waals surface area contributed by atoms with Crippen LogP contribution in [0.3, 0.4) is 0 Å². The highest BCUT2D eigenvalue weighted by molar-refractivity contribution is 5.89. The largest absolute Gasteiger partial charge is 0.481 e. The summed E-state index contributed by atoms with van der Waals surface area (Å²) >= 11 is 0. The molecule has 3 aromatic carbocycles. The summed E-state index contributed by atoms with van der Waals surface area (Å²) in [7, 11) is 1.34. The number of benzene rings is 3. The quantitative estimate of drug-likeness (QED) is 0.615. The highest BCUT2D eigenvalue weighted by Crippen LogP contribution is 2.22. The van der Waals surface area contributed by atoms with Crippen molar-refractivity contribution in [2.24, 2.45) is 0 Å². The van der Waals surface area contributed by atoms with Gasteiger partial charge in [0.2, 0.25) is 0 Å². The van der Waals surface area contributed by atoms with Crippen molar-refractivity contribution < 1.29 is 19.1 Å². The van der Waals surface area contributed by atoms with Gasteiger partial charge in [-0.2, -0.15) is 0 Å². The molecule has 29 heavy (non-hydrogen) atoms. The summed E-state index contributed by atoms with van der Waals surface area (Å²) in [6, 6.07) is 24.6. The molecule has 148 valence electrons. The molecule has 0 aliphatic rings. The monoisotopic (exact) mass is 389 g/mol. The number of rotatable bonds is 7. The predicted octanol–water partition coefficient (Wildman–Crippen LogP) is 4.22. The molecule has 0 aromatic heterocycles. The van der Waals surface area contributed by atoms with Crippen LogP contribution in [0.4, 0.5) is 0 Å². The average Bonchev–Trinajstić information content (AvgIpc) is 2.78. The van der Waals surface area contributed by atoms with Crippen molar-refractivity contribution in [1.82, 2.24) is 5.32 Å². The number of methoxy groups -OCH3 is 1. The standard InChI is InChI=1S/C24H23NO4/c1-17(23(26)25-16-18-8-10-21(11-9-18)24(27)28-2)29-22-14-12-20(13-15-22)19-6-4-3-5-7-19/h3-15,17H,16H2,1-2H3,(H,25,26). The van der Waals surface area contributed by atoms with Gasteiger partial charge in [0.05, 0.1) is 12.7 Å². The zero-order chi connectivity index (χ0) is 20.6. The number of carbonyl (C=O) groups excluding carboxylic acids is 2. The zero-order valence-electron chi connectivity index (χ0n) is 16.4. The third kappa shape index (κ3) is 5.45. The van der Waals surface area contributed by atoms with Gasteiger partial charge in [0.15, 0.2) is 6.10 Å². The van der Waals surface area contributed by atoms with Crippen LogP contribution >= 0.6 is 0 Å². The maximum absolute atomic E-state index is 12.3. The van der Waals surface area contributed by atoms with Crippen LogP contribution in [0.15, 0.2) is 78.9 Å². The van der Waals surface area contributed by atoms with Crippen molar-refractivity contribution in [3.8, 4) is 16.9 Å². The number of nitrogens with one attached hydrogen (secondary N) is 1. The van der Waals surface area contributed by atoms with Crippen LogP contribution < -0.4 is 10.1 Å². The summed E-state index contributed by atoms with van der Waals surface area (Å²) in [5, 5.41) is 2.84. The van der Waals surface area contributed by atoms with E-state index in [4.69, 9.17) is 4.74 Å². The van der Waals surface area contributed by atoms with E-state index in [2.05, 4.69) is 10.1 Å². The maximum Gasteiger partial charge on any atom is 0.337 e. The SMILES string of the molecule is COC(=O)c1ccc(CNC(=O)C(C)Oc2ccc(-c3ccccc3)cc2)cc1. The molecule has 3 aromatic rings. The summed E-state index contributed by atoms with van der Waals surface area (Å²) in [6.45, 7) is 2.06. The lowest BCUT2D eigenvalue weighted by atomic mass is 10.1. The molecule has 5 nitrogen and oxygen atoms in total. The van der Waals surface area contributed by atoms with Gasteiger partial charge in [-0.3, -0.25) is 4.79 Å². The Balaban J connectivity index is 1.52. The highest BCUT2D eigenvalue weighted by Gasteiger charge is 2.14. The molecule has 1 unspecified atom stereocenters. The summed E-state index contributed by atoms with van der Waals surface area (Å²) < 4.78 is 10.4. The molecule has 5 heteroatoms. The van der Waals surface area contributed by atoms with Crippen LogP contribution in [0.2, 0.25) is 0 Å². The molecule has 0 saturated heterocycles. The number of hydrogen-bond acceptors (Lipinski definition) is 4. The van der Waals surface area contributed by atoms with Gasteiger partial charge in [0.1, 0.15) is 5.75 Å². The molecule has 0 aliphatic heterocycles. The fourth-order valence-electron chi connectivity index (χ4n) is 2.82. The van der Waals surface area contributed by atoms with Gasteiger partial charge in [0, 0.05) is 6.54 Å². The molecule has 3 rings (SSSR count). The van der Waals surface area contributed by atoms with Gasteiger partial charge >= 0.3 is 5.97 Å². The topological polar surface area (TPSA) is 64.6 Å². The summed E-state index contributed by atoms with van der Waals surface area (Å²) in [5.41, 5.74) is 3.57. The minimum atomic E-state index is -0.632. The van der Waals surface area contributed by atoms with E-state index in [0.717, 1.165) is 16.7 Å². The van der Waals surface area contributed by atoms with Crippen molar-refractivity contribution in [1.29, 1.82) is 0 Å². The van der Waals surface area contributed by atoms with Crippen LogP contribution in [0.25, 0.3) is 11.1 Å². The van der Waals surface area contributed by atoms with E-state index in [1.54, 1.807) is 31.2 Å². The Bertz CT molecular complexity index is 950. The minimum absolute atomic E-state index is 0.214. The third-order valence-electron chi connectivity index (χ3n) is 4.49. The zero-order valence-corrected chi connectivity index (χ0v) is 16.4. The first-order chi connectivity index (χ1) is 14.1. The molecule has 1 amide bonds. The predicted molar refractivity (Wildman–Crippen MR) is 112 cm³/mol. The summed E-state index contributed by atoms with van der Waals surface area (Å²) in [6.07, 6.45) is -0.632. The second-order valence-corrected chi connectivity index (χ2v) is 6.56. The first kappa shape index (κ1) is 20.1. The van der Waals surface area contributed by atoms with Crippen LogP contribution in [-0.2, 0) is 16.1 Å². The van der Waals surface area contributed by atoms with Gasteiger partial charge in [-0.25, -0.2) is 4.79 Å². The lowest BCUT2D eigenvalue weighted by Gasteiger charge is -2.15. The molecule has 0 fully saturated rings. The third-order valence-corrected chi connectivity index (χ3v) is 4.49. The first-order valence-corrected chi connectivity index (χ1v) is 9.34. The molecule has 1 atom stereocenters. The van der Waals surface area contributed by atoms with E-state index in [0.29, 0.717) is 17.9 Å². The van der Waals surface area contributed by atoms with Crippen molar-refractivity contribution in [3.05, 3.63) is 90.0 Å². The second kappa shape index (κ2) is 9.55. The average molecular weight is 389 g/mol. The molecule has 1 N–H and O–H groups in total. The van der Waals surface area contributed by atoms with Gasteiger partial charge in [-0.1, -0.05) is 54.6 Å². The van der Waals surface area contributed by atoms with E-state index >= 15 is 0 Å². The van der Waals surface area contributed by atoms with Crippen molar-refractivity contribution in [2.45, 2.75) is 19.6 Å². The number of amides is 1. The fraction of sp³-hybridized carbons (Fsp3) is 0.167. The molecule has 0 heterocycles. The smallest absolute Gasteiger partial charge is 0.337 e. The molecular formula is C24H23NO4. The van der Waals surface area contributed by atoms with Gasteiger partial charge in [0.25, 0.3) is 5.91 Å². The molecule has 0 bridgehead atoms. The van der Waals surface area contributed by atoms with Gasteiger partial charge < -0.3 is 14.8 Å². The van der Waals surface area contributed by atoms with Crippen LogP contribution in [0, 0.1) is 0 Å². The summed E-state index contributed by atoms with van der Waals surface area (Å²) in [4.78, 5) is 23.8. The normalized spacial score (nSPS) is 11.4. The Morgan fingerprint density at radius 2 is 1.48 bits per heavy atom. The van der Waals surface area contributed by atoms with Gasteiger partial charge in [-0.15, -0.1) is 0 Å². The lowest BCUT2D eigenvalue weighted by Crippen LogP contribution is -2.35. The van der Waals surface area contributed by atoms with Crippen molar-refractivity contribution in [3.63, 3.8) is 0 Å². The lowest BCUT2D eigenvalue weighted by molar-refractivity contribution is -0.127. The van der Waals surface area contributed by atoms with E-state index in [9.17, 15) is 9.59 Å². The Morgan fingerprint density at radius 1 is 0.862 bits per heavy atom. The van der Waals surface area contributed by atoms with Crippen molar-refractivity contribution in [2.75, 3.05) is 7.11 Å². The van der Waals surface area contributed by atoms with E-state index < -0.39 is 6.10 Å². The Labute approximate surface area is 170 Å².